The summed E-state index contributed by atoms with van der Waals surface area (Å²) in [6.45, 7) is 1.25. The molecule has 0 aliphatic carbocycles. The second-order valence-electron chi connectivity index (χ2n) is 6.93. The molecule has 10 heteroatoms. The number of sulfonamides is 1. The zero-order chi connectivity index (χ0) is 24.0. The predicted octanol–water partition coefficient (Wildman–Crippen LogP) is 4.77. The number of amides is 1. The molecule has 7 nitrogen and oxygen atoms in total. The van der Waals surface area contributed by atoms with Crippen LogP contribution in [-0.4, -0.2) is 34.2 Å². The first kappa shape index (κ1) is 24.8. The third-order valence-corrected chi connectivity index (χ3v) is 7.13. The fourth-order valence-corrected chi connectivity index (χ4v) is 5.18. The standard InChI is InChI=1S/C23H21BrClN3O4S/c1-16-12-19(25)9-10-21(16)28(33(30,31)20-6-4-3-5-7-20)15-23(29)27-26-14-17-13-18(24)8-11-22(17)32-2/h3-14H,15H2,1-2H3,(H,27,29)/b26-14-. The monoisotopic (exact) mass is 549 g/mol. The number of hydrazone groups is 1. The molecular formula is C23H21BrClN3O4S. The van der Waals surface area contributed by atoms with Gasteiger partial charge >= 0.3 is 0 Å². The average molecular weight is 551 g/mol. The number of methoxy groups -OCH3 is 1. The summed E-state index contributed by atoms with van der Waals surface area (Å²) in [5, 5.41) is 4.42. The Hall–Kier alpha value is -2.88. The molecular weight excluding hydrogens is 530 g/mol. The van der Waals surface area contributed by atoms with Crippen LogP contribution in [0.5, 0.6) is 5.75 Å². The van der Waals surface area contributed by atoms with Gasteiger partial charge in [-0.2, -0.15) is 5.10 Å². The molecule has 0 heterocycles. The molecule has 0 spiro atoms. The summed E-state index contributed by atoms with van der Waals surface area (Å²) in [6, 6.07) is 18.0. The maximum absolute atomic E-state index is 13.4. The van der Waals surface area contributed by atoms with Gasteiger partial charge < -0.3 is 4.74 Å². The molecule has 0 unspecified atom stereocenters. The Morgan fingerprint density at radius 3 is 2.55 bits per heavy atom. The molecule has 172 valence electrons. The second kappa shape index (κ2) is 10.8. The maximum Gasteiger partial charge on any atom is 0.264 e. The number of rotatable bonds is 8. The molecule has 3 aromatic carbocycles. The molecule has 0 aliphatic rings. The fraction of sp³-hybridized carbons (Fsp3) is 0.130. The maximum atomic E-state index is 13.4. The lowest BCUT2D eigenvalue weighted by molar-refractivity contribution is -0.119. The van der Waals surface area contributed by atoms with Crippen molar-refractivity contribution in [2.75, 3.05) is 18.0 Å². The molecule has 0 aliphatic heterocycles. The van der Waals surface area contributed by atoms with Crippen LogP contribution in [0.3, 0.4) is 0 Å². The zero-order valence-electron chi connectivity index (χ0n) is 17.8. The quantitative estimate of drug-likeness (QED) is 0.323. The fourth-order valence-electron chi connectivity index (χ4n) is 3.06. The summed E-state index contributed by atoms with van der Waals surface area (Å²) in [4.78, 5) is 12.8. The van der Waals surface area contributed by atoms with Gasteiger partial charge in [0.15, 0.2) is 0 Å². The van der Waals surface area contributed by atoms with Crippen LogP contribution in [0.2, 0.25) is 5.02 Å². The summed E-state index contributed by atoms with van der Waals surface area (Å²) < 4.78 is 33.9. The van der Waals surface area contributed by atoms with Gasteiger partial charge in [-0.3, -0.25) is 9.10 Å². The topological polar surface area (TPSA) is 88.1 Å². The van der Waals surface area contributed by atoms with Gasteiger partial charge in [0.25, 0.3) is 15.9 Å². The summed E-state index contributed by atoms with van der Waals surface area (Å²) >= 11 is 9.41. The van der Waals surface area contributed by atoms with E-state index in [0.717, 1.165) is 8.78 Å². The highest BCUT2D eigenvalue weighted by atomic mass is 79.9. The van der Waals surface area contributed by atoms with Crippen molar-refractivity contribution in [3.63, 3.8) is 0 Å². The van der Waals surface area contributed by atoms with Crippen molar-refractivity contribution in [3.8, 4) is 5.75 Å². The number of halogens is 2. The lowest BCUT2D eigenvalue weighted by atomic mass is 10.2. The molecule has 1 amide bonds. The molecule has 0 fully saturated rings. The molecule has 0 saturated heterocycles. The van der Waals surface area contributed by atoms with Crippen molar-refractivity contribution < 1.29 is 17.9 Å². The minimum atomic E-state index is -4.03. The van der Waals surface area contributed by atoms with Crippen molar-refractivity contribution in [3.05, 3.63) is 87.4 Å². The normalized spacial score (nSPS) is 11.4. The number of anilines is 1. The van der Waals surface area contributed by atoms with E-state index in [1.54, 1.807) is 55.5 Å². The molecule has 0 radical (unpaired) electrons. The summed E-state index contributed by atoms with van der Waals surface area (Å²) in [5.41, 5.74) is 3.97. The number of ether oxygens (including phenoxy) is 1. The van der Waals surface area contributed by atoms with Gasteiger partial charge in [-0.15, -0.1) is 0 Å². The average Bonchev–Trinajstić information content (AvgIpc) is 2.78. The number of aryl methyl sites for hydroxylation is 1. The highest BCUT2D eigenvalue weighted by molar-refractivity contribution is 9.10. The smallest absolute Gasteiger partial charge is 0.264 e. The van der Waals surface area contributed by atoms with E-state index in [1.165, 1.54) is 25.5 Å². The van der Waals surface area contributed by atoms with Crippen LogP contribution in [-0.2, 0) is 14.8 Å². The Labute approximate surface area is 206 Å². The first-order chi connectivity index (χ1) is 15.7. The predicted molar refractivity (Wildman–Crippen MR) is 134 cm³/mol. The number of carbonyl (C=O) groups excluding carboxylic acids is 1. The van der Waals surface area contributed by atoms with Crippen LogP contribution in [0, 0.1) is 6.92 Å². The van der Waals surface area contributed by atoms with E-state index in [-0.39, 0.29) is 4.90 Å². The van der Waals surface area contributed by atoms with Gasteiger partial charge in [-0.05, 0) is 61.0 Å². The molecule has 33 heavy (non-hydrogen) atoms. The summed E-state index contributed by atoms with van der Waals surface area (Å²) in [6.07, 6.45) is 1.42. The van der Waals surface area contributed by atoms with E-state index in [2.05, 4.69) is 26.5 Å². The number of nitrogens with zero attached hydrogens (tertiary/aromatic N) is 2. The minimum Gasteiger partial charge on any atom is -0.496 e. The number of hydrogen-bond donors (Lipinski definition) is 1. The zero-order valence-corrected chi connectivity index (χ0v) is 21.0. The van der Waals surface area contributed by atoms with Crippen LogP contribution in [0.1, 0.15) is 11.1 Å². The molecule has 0 bridgehead atoms. The van der Waals surface area contributed by atoms with Gasteiger partial charge in [-0.25, -0.2) is 13.8 Å². The number of nitrogens with one attached hydrogen (secondary N) is 1. The van der Waals surface area contributed by atoms with E-state index >= 15 is 0 Å². The molecule has 1 N–H and O–H groups in total. The molecule has 0 saturated carbocycles. The third-order valence-electron chi connectivity index (χ3n) is 4.63. The second-order valence-corrected chi connectivity index (χ2v) is 10.1. The van der Waals surface area contributed by atoms with E-state index in [0.29, 0.717) is 27.6 Å². The van der Waals surface area contributed by atoms with Crippen molar-refractivity contribution in [1.29, 1.82) is 0 Å². The SMILES string of the molecule is COc1ccc(Br)cc1/C=N\NC(=O)CN(c1ccc(Cl)cc1C)S(=O)(=O)c1ccccc1. The highest BCUT2D eigenvalue weighted by Gasteiger charge is 2.28. The van der Waals surface area contributed by atoms with Crippen molar-refractivity contribution in [1.82, 2.24) is 5.43 Å². The minimum absolute atomic E-state index is 0.0644. The van der Waals surface area contributed by atoms with Crippen molar-refractivity contribution in [2.24, 2.45) is 5.10 Å². The largest absolute Gasteiger partial charge is 0.496 e. The molecule has 3 rings (SSSR count). The van der Waals surface area contributed by atoms with Gasteiger partial charge in [0.2, 0.25) is 0 Å². The Balaban J connectivity index is 1.88. The van der Waals surface area contributed by atoms with Gasteiger partial charge in [0, 0.05) is 15.1 Å². The van der Waals surface area contributed by atoms with E-state index in [4.69, 9.17) is 16.3 Å². The van der Waals surface area contributed by atoms with E-state index in [1.807, 2.05) is 6.07 Å². The summed E-state index contributed by atoms with van der Waals surface area (Å²) in [7, 11) is -2.50. The van der Waals surface area contributed by atoms with Crippen LogP contribution >= 0.6 is 27.5 Å². The molecule has 3 aromatic rings. The summed E-state index contributed by atoms with van der Waals surface area (Å²) in [5.74, 6) is -0.0460. The van der Waals surface area contributed by atoms with E-state index < -0.39 is 22.5 Å². The number of benzene rings is 3. The Morgan fingerprint density at radius 2 is 1.88 bits per heavy atom. The number of carbonyl (C=O) groups is 1. The lowest BCUT2D eigenvalue weighted by Crippen LogP contribution is -2.40. The van der Waals surface area contributed by atoms with Crippen LogP contribution in [0.15, 0.2) is 81.2 Å². The Bertz CT molecular complexity index is 1280. The van der Waals surface area contributed by atoms with E-state index in [9.17, 15) is 13.2 Å². The molecule has 0 atom stereocenters. The number of hydrogen-bond acceptors (Lipinski definition) is 5. The van der Waals surface area contributed by atoms with Gasteiger partial charge in [0.1, 0.15) is 12.3 Å². The molecule has 0 aromatic heterocycles. The highest BCUT2D eigenvalue weighted by Crippen LogP contribution is 2.28. The van der Waals surface area contributed by atoms with Crippen molar-refractivity contribution in [2.45, 2.75) is 11.8 Å². The van der Waals surface area contributed by atoms with Crippen molar-refractivity contribution >= 4 is 55.4 Å². The van der Waals surface area contributed by atoms with Crippen LogP contribution in [0.25, 0.3) is 0 Å². The third kappa shape index (κ3) is 6.13. The van der Waals surface area contributed by atoms with Crippen LogP contribution < -0.4 is 14.5 Å². The van der Waals surface area contributed by atoms with Gasteiger partial charge in [0.05, 0.1) is 23.9 Å². The Kier molecular flexibility index (Phi) is 8.12. The first-order valence-corrected chi connectivity index (χ1v) is 12.3. The lowest BCUT2D eigenvalue weighted by Gasteiger charge is -2.25. The van der Waals surface area contributed by atoms with Crippen LogP contribution in [0.4, 0.5) is 5.69 Å². The first-order valence-electron chi connectivity index (χ1n) is 9.72. The van der Waals surface area contributed by atoms with Gasteiger partial charge in [-0.1, -0.05) is 45.7 Å². The Morgan fingerprint density at radius 1 is 1.15 bits per heavy atom.